The highest BCUT2D eigenvalue weighted by atomic mass is 19.1. The summed E-state index contributed by atoms with van der Waals surface area (Å²) in [6.45, 7) is 4.25. The van der Waals surface area contributed by atoms with Crippen molar-refractivity contribution in [1.29, 1.82) is 0 Å². The first-order valence-corrected chi connectivity index (χ1v) is 10.9. The molecule has 3 aliphatic heterocycles. The van der Waals surface area contributed by atoms with Gasteiger partial charge in [0, 0.05) is 31.6 Å². The molecule has 166 valence electrons. The number of ether oxygens (including phenoxy) is 1. The van der Waals surface area contributed by atoms with E-state index in [9.17, 15) is 13.9 Å². The molecular formula is C24H27F3N2O2. The van der Waals surface area contributed by atoms with Crippen LogP contribution in [0, 0.1) is 18.6 Å². The molecule has 0 bridgehead atoms. The molecule has 0 radical (unpaired) electrons. The fourth-order valence-corrected chi connectivity index (χ4v) is 5.17. The number of aryl methyl sites for hydroxylation is 1. The Kier molecular flexibility index (Phi) is 5.44. The molecule has 1 N–H and O–H groups in total. The van der Waals surface area contributed by atoms with Gasteiger partial charge >= 0.3 is 0 Å². The minimum Gasteiger partial charge on any atom is -0.505 e. The van der Waals surface area contributed by atoms with Crippen molar-refractivity contribution in [3.05, 3.63) is 64.7 Å². The number of epoxide rings is 1. The van der Waals surface area contributed by atoms with Gasteiger partial charge in [0.2, 0.25) is 0 Å². The molecule has 2 unspecified atom stereocenters. The maximum absolute atomic E-state index is 15.0. The van der Waals surface area contributed by atoms with Gasteiger partial charge in [-0.1, -0.05) is 18.2 Å². The molecule has 0 saturated carbocycles. The van der Waals surface area contributed by atoms with Crippen molar-refractivity contribution in [3.63, 3.8) is 0 Å². The molecule has 31 heavy (non-hydrogen) atoms. The van der Waals surface area contributed by atoms with Crippen LogP contribution >= 0.6 is 0 Å². The lowest BCUT2D eigenvalue weighted by molar-refractivity contribution is 0.0542. The molecule has 0 spiro atoms. The first-order valence-electron chi connectivity index (χ1n) is 10.9. The maximum atomic E-state index is 15.0. The third-order valence-corrected chi connectivity index (χ3v) is 7.02. The fourth-order valence-electron chi connectivity index (χ4n) is 5.17. The highest BCUT2D eigenvalue weighted by Crippen LogP contribution is 2.41. The lowest BCUT2D eigenvalue weighted by atomic mass is 9.86. The van der Waals surface area contributed by atoms with Crippen molar-refractivity contribution in [2.45, 2.75) is 56.8 Å². The van der Waals surface area contributed by atoms with E-state index in [1.807, 2.05) is 6.07 Å². The number of aromatic hydroxyl groups is 1. The van der Waals surface area contributed by atoms with E-state index in [2.05, 4.69) is 9.80 Å². The van der Waals surface area contributed by atoms with Gasteiger partial charge in [0.25, 0.3) is 0 Å². The summed E-state index contributed by atoms with van der Waals surface area (Å²) >= 11 is 0. The van der Waals surface area contributed by atoms with Gasteiger partial charge in [-0.25, -0.2) is 13.2 Å². The number of alkyl halides is 1. The van der Waals surface area contributed by atoms with Crippen LogP contribution in [0.25, 0.3) is 0 Å². The van der Waals surface area contributed by atoms with Crippen molar-refractivity contribution in [3.8, 4) is 5.75 Å². The van der Waals surface area contributed by atoms with E-state index < -0.39 is 17.7 Å². The molecule has 3 heterocycles. The van der Waals surface area contributed by atoms with E-state index in [-0.39, 0.29) is 30.1 Å². The number of likely N-dealkylation sites (tertiary alicyclic amines) is 2. The zero-order valence-corrected chi connectivity index (χ0v) is 17.5. The summed E-state index contributed by atoms with van der Waals surface area (Å²) in [5.41, 5.74) is 2.17. The van der Waals surface area contributed by atoms with Crippen molar-refractivity contribution in [2.75, 3.05) is 19.6 Å². The minimum absolute atomic E-state index is 0.00472. The van der Waals surface area contributed by atoms with Crippen LogP contribution in [0.5, 0.6) is 5.75 Å². The SMILES string of the molecule is Cc1ccc(CN2CC[C@@H](N3CC[C@@H](c4ccc(O)c(F)c4)[C@H](F)C3)C3OC32)cc1F. The van der Waals surface area contributed by atoms with E-state index in [0.717, 1.165) is 25.1 Å². The topological polar surface area (TPSA) is 39.2 Å². The summed E-state index contributed by atoms with van der Waals surface area (Å²) in [5, 5.41) is 9.38. The van der Waals surface area contributed by atoms with Crippen LogP contribution in [-0.2, 0) is 11.3 Å². The highest BCUT2D eigenvalue weighted by Gasteiger charge is 2.54. The van der Waals surface area contributed by atoms with Gasteiger partial charge in [0.05, 0.1) is 0 Å². The van der Waals surface area contributed by atoms with Gasteiger partial charge in [0.15, 0.2) is 11.6 Å². The van der Waals surface area contributed by atoms with Gasteiger partial charge in [-0.3, -0.25) is 9.80 Å². The zero-order valence-electron chi connectivity index (χ0n) is 17.5. The van der Waals surface area contributed by atoms with Gasteiger partial charge in [0.1, 0.15) is 24.3 Å². The number of rotatable bonds is 4. The lowest BCUT2D eigenvalue weighted by Crippen LogP contribution is -2.52. The van der Waals surface area contributed by atoms with Crippen molar-refractivity contribution in [1.82, 2.24) is 9.80 Å². The molecular weight excluding hydrogens is 405 g/mol. The molecule has 2 aromatic carbocycles. The summed E-state index contributed by atoms with van der Waals surface area (Å²) in [6.07, 6.45) is 0.444. The van der Waals surface area contributed by atoms with Crippen molar-refractivity contribution >= 4 is 0 Å². The molecule has 7 heteroatoms. The van der Waals surface area contributed by atoms with Crippen LogP contribution in [0.3, 0.4) is 0 Å². The largest absolute Gasteiger partial charge is 0.505 e. The van der Waals surface area contributed by atoms with Crippen LogP contribution in [0.4, 0.5) is 13.2 Å². The summed E-state index contributed by atoms with van der Waals surface area (Å²) in [6, 6.07) is 9.66. The van der Waals surface area contributed by atoms with Crippen LogP contribution in [0.15, 0.2) is 36.4 Å². The van der Waals surface area contributed by atoms with E-state index in [4.69, 9.17) is 4.74 Å². The predicted molar refractivity (Wildman–Crippen MR) is 111 cm³/mol. The summed E-state index contributed by atoms with van der Waals surface area (Å²) in [4.78, 5) is 4.40. The number of nitrogens with zero attached hydrogens (tertiary/aromatic N) is 2. The number of halogens is 3. The summed E-state index contributed by atoms with van der Waals surface area (Å²) < 4.78 is 48.5. The molecule has 0 aromatic heterocycles. The molecule has 3 aliphatic rings. The Morgan fingerprint density at radius 3 is 2.65 bits per heavy atom. The second-order valence-corrected chi connectivity index (χ2v) is 9.02. The maximum Gasteiger partial charge on any atom is 0.165 e. The summed E-state index contributed by atoms with van der Waals surface area (Å²) in [5.74, 6) is -1.67. The van der Waals surface area contributed by atoms with Crippen LogP contribution in [0.1, 0.15) is 35.4 Å². The number of hydrogen-bond donors (Lipinski definition) is 1. The Morgan fingerprint density at radius 1 is 1.06 bits per heavy atom. The quantitative estimate of drug-likeness (QED) is 0.739. The minimum atomic E-state index is -1.09. The molecule has 0 amide bonds. The van der Waals surface area contributed by atoms with Gasteiger partial charge in [-0.2, -0.15) is 0 Å². The average molecular weight is 432 g/mol. The molecule has 5 atom stereocenters. The fraction of sp³-hybridized carbons (Fsp3) is 0.500. The Labute approximate surface area is 180 Å². The number of phenols is 1. The lowest BCUT2D eigenvalue weighted by Gasteiger charge is -2.41. The summed E-state index contributed by atoms with van der Waals surface area (Å²) in [7, 11) is 0. The second-order valence-electron chi connectivity index (χ2n) is 9.02. The van der Waals surface area contributed by atoms with Gasteiger partial charge in [-0.15, -0.1) is 0 Å². The van der Waals surface area contributed by atoms with E-state index in [1.165, 1.54) is 12.1 Å². The Morgan fingerprint density at radius 2 is 1.90 bits per heavy atom. The van der Waals surface area contributed by atoms with Crippen LogP contribution in [-0.4, -0.2) is 59.1 Å². The number of hydrogen-bond acceptors (Lipinski definition) is 4. The predicted octanol–water partition coefficient (Wildman–Crippen LogP) is 4.11. The molecule has 4 nitrogen and oxygen atoms in total. The van der Waals surface area contributed by atoms with E-state index in [1.54, 1.807) is 25.1 Å². The number of phenolic OH excluding ortho intramolecular Hbond substituents is 1. The smallest absolute Gasteiger partial charge is 0.165 e. The number of piperidine rings is 2. The van der Waals surface area contributed by atoms with Crippen LogP contribution < -0.4 is 0 Å². The first-order chi connectivity index (χ1) is 14.9. The molecule has 5 rings (SSSR count). The molecule has 3 fully saturated rings. The second kappa shape index (κ2) is 8.11. The Balaban J connectivity index is 1.19. The van der Waals surface area contributed by atoms with Gasteiger partial charge < -0.3 is 9.84 Å². The third kappa shape index (κ3) is 4.06. The van der Waals surface area contributed by atoms with Crippen molar-refractivity contribution in [2.24, 2.45) is 0 Å². The molecule has 2 aromatic rings. The molecule has 0 aliphatic carbocycles. The van der Waals surface area contributed by atoms with Gasteiger partial charge in [-0.05, 0) is 61.2 Å². The zero-order chi connectivity index (χ0) is 21.7. The number of fused-ring (bicyclic) bond motifs is 1. The Hall–Kier alpha value is -2.09. The number of benzene rings is 2. The molecule has 3 saturated heterocycles. The normalized spacial score (nSPS) is 31.4. The van der Waals surface area contributed by atoms with E-state index in [0.29, 0.717) is 30.6 Å². The third-order valence-electron chi connectivity index (χ3n) is 7.02. The highest BCUT2D eigenvalue weighted by molar-refractivity contribution is 5.31. The average Bonchev–Trinajstić information content (AvgIpc) is 3.54. The van der Waals surface area contributed by atoms with Crippen LogP contribution in [0.2, 0.25) is 0 Å². The monoisotopic (exact) mass is 432 g/mol. The standard InChI is InChI=1S/C24H27F3N2O2/c1-14-2-3-15(10-18(14)25)12-29-9-7-21(23-24(29)31-23)28-8-6-17(20(27)13-28)16-4-5-22(30)19(26)11-16/h2-5,10-11,17,20-21,23-24,30H,6-9,12-13H2,1H3/t17-,20+,21+,23?,24?/m0/s1. The van der Waals surface area contributed by atoms with E-state index >= 15 is 4.39 Å². The Bertz CT molecular complexity index is 972. The van der Waals surface area contributed by atoms with Crippen molar-refractivity contribution < 1.29 is 23.0 Å². The first kappa shape index (κ1) is 20.8.